The quantitative estimate of drug-likeness (QED) is 0.790. The van der Waals surface area contributed by atoms with E-state index in [1.54, 1.807) is 11.0 Å². The number of hydrogen-bond donors (Lipinski definition) is 2. The molecule has 3 rings (SSSR count). The van der Waals surface area contributed by atoms with Crippen LogP contribution < -0.4 is 5.32 Å². The molecule has 1 aromatic carbocycles. The van der Waals surface area contributed by atoms with Crippen molar-refractivity contribution in [3.8, 4) is 0 Å². The highest BCUT2D eigenvalue weighted by Crippen LogP contribution is 2.16. The largest absolute Gasteiger partial charge is 0.389 e. The normalized spacial score (nSPS) is 16.4. The molecule has 1 aliphatic rings. The maximum Gasteiger partial charge on any atom is 0.274 e. The fourth-order valence-electron chi connectivity index (χ4n) is 3.03. The number of aromatic nitrogens is 2. The second-order valence-electron chi connectivity index (χ2n) is 6.67. The zero-order valence-electron chi connectivity index (χ0n) is 15.2. The molecular formula is C19H23ClN4O3. The van der Waals surface area contributed by atoms with Crippen molar-refractivity contribution >= 4 is 23.4 Å². The van der Waals surface area contributed by atoms with Gasteiger partial charge in [0, 0.05) is 30.7 Å². The zero-order chi connectivity index (χ0) is 19.4. The summed E-state index contributed by atoms with van der Waals surface area (Å²) in [7, 11) is 0. The molecule has 0 aliphatic carbocycles. The average molecular weight is 391 g/mol. The lowest BCUT2D eigenvalue weighted by Gasteiger charge is -2.22. The molecule has 0 saturated carbocycles. The van der Waals surface area contributed by atoms with Crippen LogP contribution in [0, 0.1) is 0 Å². The predicted molar refractivity (Wildman–Crippen MR) is 102 cm³/mol. The highest BCUT2D eigenvalue weighted by Gasteiger charge is 2.26. The number of aliphatic hydroxyl groups is 1. The number of nitrogens with one attached hydrogen (secondary N) is 1. The molecule has 7 nitrogen and oxygen atoms in total. The van der Waals surface area contributed by atoms with Crippen molar-refractivity contribution in [2.45, 2.75) is 39.0 Å². The van der Waals surface area contributed by atoms with Crippen LogP contribution in [0.4, 0.5) is 0 Å². The number of hydrogen-bond acceptors (Lipinski definition) is 4. The van der Waals surface area contributed by atoms with Crippen LogP contribution in [0.5, 0.6) is 0 Å². The Morgan fingerprint density at radius 2 is 2.26 bits per heavy atom. The Bertz CT molecular complexity index is 836. The molecule has 2 aromatic rings. The molecule has 0 unspecified atom stereocenters. The summed E-state index contributed by atoms with van der Waals surface area (Å²) in [6.07, 6.45) is 1.08. The number of fused-ring (bicyclic) bond motifs is 1. The maximum absolute atomic E-state index is 13.1. The average Bonchev–Trinajstić information content (AvgIpc) is 3.01. The molecule has 1 aromatic heterocycles. The molecule has 2 heterocycles. The Labute approximate surface area is 162 Å². The second kappa shape index (κ2) is 8.54. The van der Waals surface area contributed by atoms with Gasteiger partial charge in [0.15, 0.2) is 5.69 Å². The van der Waals surface area contributed by atoms with Gasteiger partial charge in [0.05, 0.1) is 12.6 Å². The Hall–Kier alpha value is -2.38. The van der Waals surface area contributed by atoms with Crippen LogP contribution in [-0.2, 0) is 13.1 Å². The van der Waals surface area contributed by atoms with Gasteiger partial charge < -0.3 is 15.3 Å². The Morgan fingerprint density at radius 3 is 3.00 bits per heavy atom. The van der Waals surface area contributed by atoms with E-state index in [0.29, 0.717) is 18.1 Å². The molecule has 8 heteroatoms. The van der Waals surface area contributed by atoms with Gasteiger partial charge in [-0.1, -0.05) is 37.1 Å². The summed E-state index contributed by atoms with van der Waals surface area (Å²) in [4.78, 5) is 26.9. The number of benzene rings is 1. The van der Waals surface area contributed by atoms with Crippen molar-refractivity contribution in [1.29, 1.82) is 0 Å². The van der Waals surface area contributed by atoms with Gasteiger partial charge in [-0.25, -0.2) is 0 Å². The first kappa shape index (κ1) is 19.4. The van der Waals surface area contributed by atoms with Crippen LogP contribution in [0.3, 0.4) is 0 Å². The van der Waals surface area contributed by atoms with E-state index in [4.69, 9.17) is 11.6 Å². The molecule has 0 spiro atoms. The van der Waals surface area contributed by atoms with Crippen LogP contribution in [0.15, 0.2) is 30.3 Å². The second-order valence-corrected chi connectivity index (χ2v) is 7.11. The Morgan fingerprint density at radius 1 is 1.44 bits per heavy atom. The molecule has 0 radical (unpaired) electrons. The maximum atomic E-state index is 13.1. The first-order valence-corrected chi connectivity index (χ1v) is 9.43. The molecule has 27 heavy (non-hydrogen) atoms. The SMILES string of the molecule is CCCCN(Cc1cccc(Cl)c1)C(=O)c1cc2n(n1)C[C@@H](O)CNC2=O. The van der Waals surface area contributed by atoms with E-state index in [9.17, 15) is 14.7 Å². The van der Waals surface area contributed by atoms with E-state index < -0.39 is 6.10 Å². The van der Waals surface area contributed by atoms with Gasteiger partial charge in [0.2, 0.25) is 0 Å². The summed E-state index contributed by atoms with van der Waals surface area (Å²) in [5.74, 6) is -0.584. The molecule has 0 fully saturated rings. The summed E-state index contributed by atoms with van der Waals surface area (Å²) < 4.78 is 1.40. The smallest absolute Gasteiger partial charge is 0.274 e. The van der Waals surface area contributed by atoms with Crippen molar-refractivity contribution in [2.75, 3.05) is 13.1 Å². The molecule has 0 bridgehead atoms. The van der Waals surface area contributed by atoms with E-state index in [1.807, 2.05) is 18.2 Å². The molecule has 0 saturated heterocycles. The summed E-state index contributed by atoms with van der Waals surface area (Å²) in [5, 5.41) is 17.4. The number of halogens is 1. The summed E-state index contributed by atoms with van der Waals surface area (Å²) in [6.45, 7) is 3.40. The third-order valence-corrected chi connectivity index (χ3v) is 4.68. The van der Waals surface area contributed by atoms with Gasteiger partial charge >= 0.3 is 0 Å². The van der Waals surface area contributed by atoms with E-state index in [0.717, 1.165) is 18.4 Å². The van der Waals surface area contributed by atoms with Gasteiger partial charge in [-0.15, -0.1) is 0 Å². The van der Waals surface area contributed by atoms with Crippen LogP contribution in [0.1, 0.15) is 46.3 Å². The van der Waals surface area contributed by atoms with Crippen molar-refractivity contribution in [1.82, 2.24) is 20.0 Å². The fraction of sp³-hybridized carbons (Fsp3) is 0.421. The van der Waals surface area contributed by atoms with Gasteiger partial charge in [0.25, 0.3) is 11.8 Å². The third-order valence-electron chi connectivity index (χ3n) is 4.44. The number of nitrogens with zero attached hydrogens (tertiary/aromatic N) is 3. The predicted octanol–water partition coefficient (Wildman–Crippen LogP) is 2.08. The zero-order valence-corrected chi connectivity index (χ0v) is 15.9. The van der Waals surface area contributed by atoms with Crippen molar-refractivity contribution in [3.63, 3.8) is 0 Å². The van der Waals surface area contributed by atoms with Crippen LogP contribution >= 0.6 is 11.6 Å². The lowest BCUT2D eigenvalue weighted by Crippen LogP contribution is -2.32. The van der Waals surface area contributed by atoms with Gasteiger partial charge in [-0.2, -0.15) is 5.10 Å². The first-order valence-electron chi connectivity index (χ1n) is 9.05. The van der Waals surface area contributed by atoms with E-state index >= 15 is 0 Å². The first-order chi connectivity index (χ1) is 13.0. The number of β-amino-alcohol motifs (C(OH)–C–C–N with tert-alkyl or cyclic N) is 1. The number of unbranched alkanes of at least 4 members (excludes halogenated alkanes) is 1. The van der Waals surface area contributed by atoms with Crippen molar-refractivity contribution in [3.05, 3.63) is 52.3 Å². The standard InChI is InChI=1S/C19H23ClN4O3/c1-2-3-7-23(11-13-5-4-6-14(20)8-13)19(27)16-9-17-18(26)21-10-15(25)12-24(17)22-16/h4-6,8-9,15,25H,2-3,7,10-12H2,1H3,(H,21,26)/t15-/m0/s1. The lowest BCUT2D eigenvalue weighted by atomic mass is 10.2. The number of rotatable bonds is 6. The summed E-state index contributed by atoms with van der Waals surface area (Å²) >= 11 is 6.06. The molecule has 1 aliphatic heterocycles. The van der Waals surface area contributed by atoms with Crippen LogP contribution in [0.25, 0.3) is 0 Å². The molecular weight excluding hydrogens is 368 g/mol. The fourth-order valence-corrected chi connectivity index (χ4v) is 3.24. The van der Waals surface area contributed by atoms with Crippen LogP contribution in [-0.4, -0.2) is 50.8 Å². The summed E-state index contributed by atoms with van der Waals surface area (Å²) in [6, 6.07) is 8.89. The summed E-state index contributed by atoms with van der Waals surface area (Å²) in [5.41, 5.74) is 1.42. The number of amides is 2. The third kappa shape index (κ3) is 4.67. The lowest BCUT2D eigenvalue weighted by molar-refractivity contribution is 0.0732. The number of carbonyl (C=O) groups is 2. The topological polar surface area (TPSA) is 87.5 Å². The number of aliphatic hydroxyl groups excluding tert-OH is 1. The van der Waals surface area contributed by atoms with Gasteiger partial charge in [-0.3, -0.25) is 14.3 Å². The highest BCUT2D eigenvalue weighted by molar-refractivity contribution is 6.30. The number of carbonyl (C=O) groups excluding carboxylic acids is 2. The Balaban J connectivity index is 1.84. The minimum absolute atomic E-state index is 0.170. The van der Waals surface area contributed by atoms with Gasteiger partial charge in [0.1, 0.15) is 5.69 Å². The highest BCUT2D eigenvalue weighted by atomic mass is 35.5. The van der Waals surface area contributed by atoms with E-state index in [-0.39, 0.29) is 36.3 Å². The molecule has 144 valence electrons. The molecule has 2 N–H and O–H groups in total. The Kier molecular flexibility index (Phi) is 6.13. The van der Waals surface area contributed by atoms with E-state index in [1.165, 1.54) is 10.7 Å². The van der Waals surface area contributed by atoms with Crippen molar-refractivity contribution < 1.29 is 14.7 Å². The van der Waals surface area contributed by atoms with Crippen LogP contribution in [0.2, 0.25) is 5.02 Å². The monoisotopic (exact) mass is 390 g/mol. The molecule has 1 atom stereocenters. The van der Waals surface area contributed by atoms with E-state index in [2.05, 4.69) is 17.3 Å². The van der Waals surface area contributed by atoms with Gasteiger partial charge in [-0.05, 0) is 24.1 Å². The minimum atomic E-state index is -0.735. The molecule has 2 amide bonds. The minimum Gasteiger partial charge on any atom is -0.389 e. The van der Waals surface area contributed by atoms with Crippen molar-refractivity contribution in [2.24, 2.45) is 0 Å².